The number of hydrogen-bond donors (Lipinski definition) is 2. The Bertz CT molecular complexity index is 1140. The molecule has 0 fully saturated rings. The van der Waals surface area contributed by atoms with Gasteiger partial charge in [0.05, 0.1) is 0 Å². The maximum atomic E-state index is 12.6. The number of esters is 2. The molecule has 0 bridgehead atoms. The van der Waals surface area contributed by atoms with Gasteiger partial charge in [-0.15, -0.1) is 0 Å². The molecule has 2 rings (SSSR count). The summed E-state index contributed by atoms with van der Waals surface area (Å²) in [5.74, 6) is -2.73. The van der Waals surface area contributed by atoms with Crippen LogP contribution >= 0.6 is 0 Å². The lowest BCUT2D eigenvalue weighted by Gasteiger charge is -2.25. The van der Waals surface area contributed by atoms with Gasteiger partial charge in [0.1, 0.15) is 17.9 Å². The van der Waals surface area contributed by atoms with Crippen LogP contribution in [0.4, 0.5) is 4.79 Å². The van der Waals surface area contributed by atoms with Gasteiger partial charge in [0.2, 0.25) is 0 Å². The summed E-state index contributed by atoms with van der Waals surface area (Å²) in [7, 11) is 0. The van der Waals surface area contributed by atoms with E-state index in [1.165, 1.54) is 12.1 Å². The van der Waals surface area contributed by atoms with Crippen molar-refractivity contribution in [1.29, 1.82) is 0 Å². The monoisotopic (exact) mass is 571 g/mol. The van der Waals surface area contributed by atoms with Crippen molar-refractivity contribution >= 4 is 24.1 Å². The first-order valence-electron chi connectivity index (χ1n) is 14.1. The molecule has 0 aromatic heterocycles. The van der Waals surface area contributed by atoms with Crippen molar-refractivity contribution in [2.24, 2.45) is 5.73 Å². The van der Waals surface area contributed by atoms with Crippen LogP contribution in [-0.2, 0) is 19.1 Å². The number of rotatable bonds is 17. The maximum Gasteiger partial charge on any atom is 0.514 e. The first-order chi connectivity index (χ1) is 19.6. The molecule has 0 saturated heterocycles. The number of benzene rings is 2. The Morgan fingerprint density at radius 3 is 1.95 bits per heavy atom. The molecule has 10 nitrogen and oxygen atoms in total. The van der Waals surface area contributed by atoms with Gasteiger partial charge in [-0.3, -0.25) is 14.4 Å². The number of para-hydroxylation sites is 1. The van der Waals surface area contributed by atoms with Crippen LogP contribution in [-0.4, -0.2) is 41.3 Å². The lowest BCUT2D eigenvalue weighted by molar-refractivity contribution is -0.139. The van der Waals surface area contributed by atoms with E-state index in [2.05, 4.69) is 0 Å². The van der Waals surface area contributed by atoms with Crippen LogP contribution in [0.3, 0.4) is 0 Å². The van der Waals surface area contributed by atoms with Gasteiger partial charge in [-0.05, 0) is 56.0 Å². The van der Waals surface area contributed by atoms with Gasteiger partial charge < -0.3 is 29.8 Å². The molecule has 0 radical (unpaired) electrons. The van der Waals surface area contributed by atoms with E-state index < -0.39 is 42.1 Å². The number of nitrogens with two attached hydrogens (primary N) is 1. The highest BCUT2D eigenvalue weighted by molar-refractivity contribution is 5.77. The zero-order valence-electron chi connectivity index (χ0n) is 24.0. The maximum absolute atomic E-state index is 12.6. The number of unbranched alkanes of at least 4 members (excludes halogenated alkanes) is 4. The minimum Gasteiger partial charge on any atom is -0.480 e. The van der Waals surface area contributed by atoms with Gasteiger partial charge in [-0.1, -0.05) is 63.8 Å². The average molecular weight is 572 g/mol. The Kier molecular flexibility index (Phi) is 14.4. The molecular weight excluding hydrogens is 530 g/mol. The lowest BCUT2D eigenvalue weighted by atomic mass is 9.87. The normalized spacial score (nSPS) is 13.0. The number of hydrogen-bond acceptors (Lipinski definition) is 9. The van der Waals surface area contributed by atoms with Crippen LogP contribution in [0, 0.1) is 0 Å². The third-order valence-electron chi connectivity index (χ3n) is 6.36. The quantitative estimate of drug-likeness (QED) is 0.0979. The molecule has 3 atom stereocenters. The van der Waals surface area contributed by atoms with Crippen molar-refractivity contribution in [2.45, 2.75) is 96.6 Å². The summed E-state index contributed by atoms with van der Waals surface area (Å²) in [5.41, 5.74) is 6.46. The molecule has 0 spiro atoms. The van der Waals surface area contributed by atoms with E-state index in [9.17, 15) is 24.3 Å². The smallest absolute Gasteiger partial charge is 0.480 e. The third-order valence-corrected chi connectivity index (χ3v) is 6.36. The minimum absolute atomic E-state index is 0.00696. The first kappa shape index (κ1) is 33.3. The second-order valence-corrected chi connectivity index (χ2v) is 9.87. The fraction of sp³-hybridized carbons (Fsp3) is 0.484. The minimum atomic E-state index is -1.37. The van der Waals surface area contributed by atoms with Crippen LogP contribution in [0.2, 0.25) is 0 Å². The lowest BCUT2D eigenvalue weighted by Crippen LogP contribution is -2.38. The van der Waals surface area contributed by atoms with Crippen LogP contribution in [0.1, 0.15) is 90.0 Å². The number of carbonyl (C=O) groups excluding carboxylic acids is 3. The average Bonchev–Trinajstić information content (AvgIpc) is 2.93. The SMILES string of the molecule is CCCCCC(=O)Oc1ccc(C(CC(C)OC(=O)Oc2ccccc2)[C@H](N)C(=O)O)cc1OC(=O)CCCCC. The summed E-state index contributed by atoms with van der Waals surface area (Å²) in [6.07, 6.45) is 3.59. The van der Waals surface area contributed by atoms with Gasteiger partial charge in [0.25, 0.3) is 0 Å². The van der Waals surface area contributed by atoms with E-state index in [0.29, 0.717) is 24.2 Å². The van der Waals surface area contributed by atoms with Gasteiger partial charge in [0, 0.05) is 18.8 Å². The number of carboxylic acids is 1. The van der Waals surface area contributed by atoms with Crippen molar-refractivity contribution < 1.29 is 43.2 Å². The van der Waals surface area contributed by atoms with Crippen LogP contribution in [0.5, 0.6) is 17.2 Å². The van der Waals surface area contributed by atoms with Crippen LogP contribution < -0.4 is 19.9 Å². The number of carbonyl (C=O) groups is 4. The van der Waals surface area contributed by atoms with Gasteiger partial charge in [-0.25, -0.2) is 4.79 Å². The Balaban J connectivity index is 2.27. The summed E-state index contributed by atoms with van der Waals surface area (Å²) in [6.45, 7) is 5.63. The van der Waals surface area contributed by atoms with Crippen molar-refractivity contribution in [1.82, 2.24) is 0 Å². The molecule has 0 amide bonds. The van der Waals surface area contributed by atoms with E-state index in [4.69, 9.17) is 24.7 Å². The molecule has 2 unspecified atom stereocenters. The van der Waals surface area contributed by atoms with Gasteiger partial charge in [-0.2, -0.15) is 0 Å². The van der Waals surface area contributed by atoms with Crippen LogP contribution in [0.15, 0.2) is 48.5 Å². The van der Waals surface area contributed by atoms with Crippen LogP contribution in [0.25, 0.3) is 0 Å². The molecule has 0 aliphatic heterocycles. The summed E-state index contributed by atoms with van der Waals surface area (Å²) < 4.78 is 21.6. The number of ether oxygens (including phenoxy) is 4. The summed E-state index contributed by atoms with van der Waals surface area (Å²) >= 11 is 0. The molecule has 224 valence electrons. The first-order valence-corrected chi connectivity index (χ1v) is 14.1. The highest BCUT2D eigenvalue weighted by Gasteiger charge is 2.30. The molecule has 2 aromatic rings. The molecule has 3 N–H and O–H groups in total. The Labute approximate surface area is 241 Å². The predicted molar refractivity (Wildman–Crippen MR) is 152 cm³/mol. The second kappa shape index (κ2) is 17.7. The van der Waals surface area contributed by atoms with Crippen molar-refractivity contribution in [2.75, 3.05) is 0 Å². The molecule has 41 heavy (non-hydrogen) atoms. The topological polar surface area (TPSA) is 151 Å². The second-order valence-electron chi connectivity index (χ2n) is 9.87. The van der Waals surface area contributed by atoms with Gasteiger partial charge in [0.15, 0.2) is 11.5 Å². The molecule has 0 saturated carbocycles. The molecule has 10 heteroatoms. The Morgan fingerprint density at radius 1 is 0.805 bits per heavy atom. The summed E-state index contributed by atoms with van der Waals surface area (Å²) in [5, 5.41) is 9.70. The predicted octanol–water partition coefficient (Wildman–Crippen LogP) is 6.15. The highest BCUT2D eigenvalue weighted by atomic mass is 16.7. The van der Waals surface area contributed by atoms with Crippen molar-refractivity contribution in [3.8, 4) is 17.2 Å². The highest BCUT2D eigenvalue weighted by Crippen LogP contribution is 2.35. The molecular formula is C31H41NO9. The number of carboxylic acid groups (broad SMARTS) is 1. The third kappa shape index (κ3) is 12.0. The van der Waals surface area contributed by atoms with Gasteiger partial charge >= 0.3 is 24.1 Å². The molecule has 0 aliphatic rings. The number of aliphatic carboxylic acids is 1. The van der Waals surface area contributed by atoms with E-state index in [-0.39, 0.29) is 30.8 Å². The largest absolute Gasteiger partial charge is 0.514 e. The van der Waals surface area contributed by atoms with Crippen molar-refractivity contribution in [3.63, 3.8) is 0 Å². The summed E-state index contributed by atoms with van der Waals surface area (Å²) in [4.78, 5) is 49.1. The zero-order valence-corrected chi connectivity index (χ0v) is 24.0. The van der Waals surface area contributed by atoms with E-state index in [0.717, 1.165) is 25.7 Å². The zero-order chi connectivity index (χ0) is 30.2. The Morgan fingerprint density at radius 2 is 1.39 bits per heavy atom. The molecule has 0 aliphatic carbocycles. The van der Waals surface area contributed by atoms with E-state index in [1.807, 2.05) is 13.8 Å². The van der Waals surface area contributed by atoms with E-state index in [1.54, 1.807) is 43.3 Å². The Hall–Kier alpha value is -3.92. The van der Waals surface area contributed by atoms with E-state index >= 15 is 0 Å². The fourth-order valence-electron chi connectivity index (χ4n) is 4.15. The molecule has 0 heterocycles. The standard InChI is InChI=1S/C31H41NO9/c1-4-6-9-15-27(33)40-25-18-17-22(20-26(25)41-28(34)16-10-7-5-2)24(29(32)30(35)36)19-21(3)38-31(37)39-23-13-11-8-12-14-23/h8,11-14,17-18,20-21,24,29H,4-7,9-10,15-16,19,32H2,1-3H3,(H,35,36)/t21?,24?,29-/m0/s1. The van der Waals surface area contributed by atoms with Crippen molar-refractivity contribution in [3.05, 3.63) is 54.1 Å². The molecule has 2 aromatic carbocycles. The summed E-state index contributed by atoms with van der Waals surface area (Å²) in [6, 6.07) is 11.5. The fourth-order valence-corrected chi connectivity index (χ4v) is 4.15.